The van der Waals surface area contributed by atoms with Crippen LogP contribution in [0, 0.1) is 10.1 Å². The molecule has 0 bridgehead atoms. The lowest BCUT2D eigenvalue weighted by molar-refractivity contribution is -0.385. The van der Waals surface area contributed by atoms with Crippen LogP contribution < -0.4 is 5.43 Å². The van der Waals surface area contributed by atoms with E-state index in [1.165, 1.54) is 16.9 Å². The number of aromatic carboxylic acids is 1. The summed E-state index contributed by atoms with van der Waals surface area (Å²) in [5.41, 5.74) is 3.75. The third-order valence-electron chi connectivity index (χ3n) is 5.18. The molecule has 0 unspecified atom stereocenters. The summed E-state index contributed by atoms with van der Waals surface area (Å²) in [6.45, 7) is 7.96. The molecule has 0 radical (unpaired) electrons. The number of hydrazone groups is 1. The summed E-state index contributed by atoms with van der Waals surface area (Å²) in [7, 11) is 0. The molecule has 10 heteroatoms. The molecule has 0 spiro atoms. The van der Waals surface area contributed by atoms with Crippen molar-refractivity contribution in [3.63, 3.8) is 0 Å². The largest absolute Gasteiger partial charge is 0.506 e. The topological polar surface area (TPSA) is 142 Å². The molecule has 3 rings (SSSR count). The molecule has 3 aromatic rings. The summed E-state index contributed by atoms with van der Waals surface area (Å²) in [4.78, 5) is 34.5. The SMILES string of the molecule is CC(=NNC(=O)c1ccc(C(=O)O)c([N+](=O)[O-])c1)c1csc(-c2ccc(C(C)(C)C)cc2)c1O. The maximum Gasteiger partial charge on any atom is 0.342 e. The van der Waals surface area contributed by atoms with E-state index in [0.29, 0.717) is 16.2 Å². The van der Waals surface area contributed by atoms with Crippen molar-refractivity contribution in [2.75, 3.05) is 0 Å². The quantitative estimate of drug-likeness (QED) is 0.252. The maximum atomic E-state index is 12.4. The van der Waals surface area contributed by atoms with Crippen molar-refractivity contribution in [3.05, 3.63) is 80.2 Å². The number of carbonyl (C=O) groups is 2. The van der Waals surface area contributed by atoms with Gasteiger partial charge in [0.25, 0.3) is 11.6 Å². The molecular formula is C24H23N3O6S. The van der Waals surface area contributed by atoms with Crippen molar-refractivity contribution in [1.82, 2.24) is 5.43 Å². The van der Waals surface area contributed by atoms with Gasteiger partial charge in [-0.25, -0.2) is 10.2 Å². The molecule has 2 aromatic carbocycles. The molecule has 0 fully saturated rings. The van der Waals surface area contributed by atoms with E-state index in [1.807, 2.05) is 24.3 Å². The number of hydrogen-bond donors (Lipinski definition) is 3. The molecule has 0 aliphatic heterocycles. The Kier molecular flexibility index (Phi) is 6.83. The van der Waals surface area contributed by atoms with Gasteiger partial charge in [-0.2, -0.15) is 5.10 Å². The number of nitrogens with one attached hydrogen (secondary N) is 1. The average Bonchev–Trinajstić information content (AvgIpc) is 3.17. The number of amides is 1. The van der Waals surface area contributed by atoms with Gasteiger partial charge in [0.05, 0.1) is 21.1 Å². The van der Waals surface area contributed by atoms with Crippen molar-refractivity contribution in [3.8, 4) is 16.2 Å². The predicted molar refractivity (Wildman–Crippen MR) is 130 cm³/mol. The van der Waals surface area contributed by atoms with Crippen molar-refractivity contribution in [1.29, 1.82) is 0 Å². The first-order chi connectivity index (χ1) is 15.9. The van der Waals surface area contributed by atoms with Crippen molar-refractivity contribution < 1.29 is 24.7 Å². The molecular weight excluding hydrogens is 458 g/mol. The van der Waals surface area contributed by atoms with Crippen LogP contribution in [0.5, 0.6) is 5.75 Å². The fourth-order valence-corrected chi connectivity index (χ4v) is 4.21. The molecule has 0 saturated carbocycles. The molecule has 0 aliphatic rings. The fraction of sp³-hybridized carbons (Fsp3) is 0.208. The van der Waals surface area contributed by atoms with Gasteiger partial charge < -0.3 is 10.2 Å². The zero-order valence-corrected chi connectivity index (χ0v) is 19.8. The number of rotatable bonds is 6. The minimum absolute atomic E-state index is 0.0109. The maximum absolute atomic E-state index is 12.4. The van der Waals surface area contributed by atoms with Crippen LogP contribution in [0.1, 0.15) is 59.5 Å². The molecule has 0 atom stereocenters. The van der Waals surface area contributed by atoms with Gasteiger partial charge in [-0.15, -0.1) is 11.3 Å². The average molecular weight is 482 g/mol. The lowest BCUT2D eigenvalue weighted by atomic mass is 9.86. The van der Waals surface area contributed by atoms with Crippen molar-refractivity contribution >= 4 is 34.6 Å². The van der Waals surface area contributed by atoms with E-state index < -0.39 is 28.1 Å². The summed E-state index contributed by atoms with van der Waals surface area (Å²) in [6.07, 6.45) is 0. The van der Waals surface area contributed by atoms with E-state index in [1.54, 1.807) is 12.3 Å². The summed E-state index contributed by atoms with van der Waals surface area (Å²) in [6, 6.07) is 11.0. The van der Waals surface area contributed by atoms with Gasteiger partial charge in [0.2, 0.25) is 0 Å². The normalized spacial score (nSPS) is 11.8. The first kappa shape index (κ1) is 24.6. The highest BCUT2D eigenvalue weighted by atomic mass is 32.1. The van der Waals surface area contributed by atoms with Crippen LogP contribution in [0.4, 0.5) is 5.69 Å². The number of thiophene rings is 1. The summed E-state index contributed by atoms with van der Waals surface area (Å²) in [5.74, 6) is -2.19. The van der Waals surface area contributed by atoms with Gasteiger partial charge in [0, 0.05) is 17.0 Å². The summed E-state index contributed by atoms with van der Waals surface area (Å²) >= 11 is 1.34. The zero-order valence-electron chi connectivity index (χ0n) is 18.9. The number of aromatic hydroxyl groups is 1. The molecule has 1 heterocycles. The predicted octanol–water partition coefficient (Wildman–Crippen LogP) is 5.18. The van der Waals surface area contributed by atoms with Gasteiger partial charge in [-0.05, 0) is 35.6 Å². The first-order valence-electron chi connectivity index (χ1n) is 10.2. The molecule has 0 saturated heterocycles. The summed E-state index contributed by atoms with van der Waals surface area (Å²) < 4.78 is 0. The minimum atomic E-state index is -1.47. The Balaban J connectivity index is 1.81. The smallest absolute Gasteiger partial charge is 0.342 e. The van der Waals surface area contributed by atoms with E-state index in [9.17, 15) is 24.8 Å². The number of nitro benzene ring substituents is 1. The number of nitro groups is 1. The Hall–Kier alpha value is -4.05. The minimum Gasteiger partial charge on any atom is -0.506 e. The number of carboxylic acids is 1. The molecule has 1 amide bonds. The second-order valence-corrected chi connectivity index (χ2v) is 9.47. The van der Waals surface area contributed by atoms with Gasteiger partial charge in [0.15, 0.2) is 0 Å². The van der Waals surface area contributed by atoms with Gasteiger partial charge >= 0.3 is 5.97 Å². The van der Waals surface area contributed by atoms with E-state index >= 15 is 0 Å². The molecule has 34 heavy (non-hydrogen) atoms. The zero-order chi connectivity index (χ0) is 25.2. The Morgan fingerprint density at radius 3 is 2.29 bits per heavy atom. The van der Waals surface area contributed by atoms with Gasteiger partial charge in [0.1, 0.15) is 11.3 Å². The van der Waals surface area contributed by atoms with Crippen LogP contribution in [0.3, 0.4) is 0 Å². The standard InChI is InChI=1S/C24H23N3O6S/c1-13(25-26-22(29)15-7-10-17(23(30)31)19(11-15)27(32)33)18-12-34-21(20(18)28)14-5-8-16(9-6-14)24(2,3)4/h5-12,28H,1-4H3,(H,26,29)(H,30,31). The van der Waals surface area contributed by atoms with Crippen LogP contribution in [0.25, 0.3) is 10.4 Å². The number of carboxylic acid groups (broad SMARTS) is 1. The van der Waals surface area contributed by atoms with E-state index in [0.717, 1.165) is 23.8 Å². The molecule has 9 nitrogen and oxygen atoms in total. The number of nitrogens with zero attached hydrogens (tertiary/aromatic N) is 2. The van der Waals surface area contributed by atoms with Crippen LogP contribution in [-0.2, 0) is 5.41 Å². The third-order valence-corrected chi connectivity index (χ3v) is 6.20. The number of carbonyl (C=O) groups excluding carboxylic acids is 1. The van der Waals surface area contributed by atoms with Crippen LogP contribution in [0.2, 0.25) is 0 Å². The Morgan fingerprint density at radius 1 is 1.09 bits per heavy atom. The van der Waals surface area contributed by atoms with E-state index in [4.69, 9.17) is 5.11 Å². The fourth-order valence-electron chi connectivity index (χ4n) is 3.20. The Bertz CT molecular complexity index is 1300. The van der Waals surface area contributed by atoms with Crippen molar-refractivity contribution in [2.24, 2.45) is 5.10 Å². The van der Waals surface area contributed by atoms with Crippen LogP contribution in [0.15, 0.2) is 52.9 Å². The highest BCUT2D eigenvalue weighted by molar-refractivity contribution is 7.14. The second kappa shape index (κ2) is 9.44. The third kappa shape index (κ3) is 5.12. The van der Waals surface area contributed by atoms with Crippen molar-refractivity contribution in [2.45, 2.75) is 33.1 Å². The van der Waals surface area contributed by atoms with E-state index in [-0.39, 0.29) is 16.7 Å². The monoisotopic (exact) mass is 481 g/mol. The summed E-state index contributed by atoms with van der Waals surface area (Å²) in [5, 5.41) is 36.6. The lowest BCUT2D eigenvalue weighted by Crippen LogP contribution is -2.19. The Labute approximate surface area is 199 Å². The first-order valence-corrected chi connectivity index (χ1v) is 11.1. The van der Waals surface area contributed by atoms with Gasteiger partial charge in [-0.1, -0.05) is 45.0 Å². The lowest BCUT2D eigenvalue weighted by Gasteiger charge is -2.19. The molecule has 0 aliphatic carbocycles. The highest BCUT2D eigenvalue weighted by Crippen LogP contribution is 2.39. The highest BCUT2D eigenvalue weighted by Gasteiger charge is 2.22. The molecule has 1 aromatic heterocycles. The Morgan fingerprint density at radius 2 is 1.74 bits per heavy atom. The molecule has 3 N–H and O–H groups in total. The second-order valence-electron chi connectivity index (χ2n) is 8.59. The van der Waals surface area contributed by atoms with Gasteiger partial charge in [-0.3, -0.25) is 14.9 Å². The number of hydrogen-bond acceptors (Lipinski definition) is 7. The van der Waals surface area contributed by atoms with E-state index in [2.05, 4.69) is 31.3 Å². The van der Waals surface area contributed by atoms with Crippen LogP contribution in [-0.4, -0.2) is 32.7 Å². The molecule has 176 valence electrons. The number of benzene rings is 2. The van der Waals surface area contributed by atoms with Crippen LogP contribution >= 0.6 is 11.3 Å².